The maximum atomic E-state index is 13.8. The highest BCUT2D eigenvalue weighted by molar-refractivity contribution is 6.01. The van der Waals surface area contributed by atoms with Crippen molar-refractivity contribution < 1.29 is 22.8 Å². The number of likely N-dealkylation sites (N-methyl/N-ethyl adjacent to an activating group) is 1. The van der Waals surface area contributed by atoms with E-state index in [4.69, 9.17) is 0 Å². The minimum Gasteiger partial charge on any atom is -0.355 e. The summed E-state index contributed by atoms with van der Waals surface area (Å²) < 4.78 is 39.2. The molecule has 47 heavy (non-hydrogen) atoms. The number of unbranched alkanes of at least 4 members (excludes halogenated alkanes) is 1. The molecule has 0 bridgehead atoms. The minimum atomic E-state index is -4.41. The van der Waals surface area contributed by atoms with Crippen LogP contribution in [0.25, 0.3) is 22.3 Å². The van der Waals surface area contributed by atoms with Crippen molar-refractivity contribution in [1.82, 2.24) is 15.5 Å². The molecule has 0 atom stereocenters. The fourth-order valence-electron chi connectivity index (χ4n) is 7.33. The van der Waals surface area contributed by atoms with Crippen LogP contribution in [0.3, 0.4) is 0 Å². The second-order valence-corrected chi connectivity index (χ2v) is 12.5. The second-order valence-electron chi connectivity index (χ2n) is 12.5. The third kappa shape index (κ3) is 6.57. The minimum absolute atomic E-state index is 0.0203. The molecule has 244 valence electrons. The number of alkyl halides is 3. The maximum absolute atomic E-state index is 13.8. The fourth-order valence-corrected chi connectivity index (χ4v) is 7.33. The number of hydrogen-bond donors (Lipinski definition) is 2. The van der Waals surface area contributed by atoms with Crippen LogP contribution in [-0.2, 0) is 16.4 Å². The first-order valence-electron chi connectivity index (χ1n) is 16.5. The van der Waals surface area contributed by atoms with Crippen LogP contribution in [0, 0.1) is 0 Å². The molecule has 1 fully saturated rings. The normalized spacial score (nSPS) is 15.9. The molecule has 1 aliphatic heterocycles. The number of nitrogens with one attached hydrogen (secondary N) is 2. The Balaban J connectivity index is 1.04. The van der Waals surface area contributed by atoms with Crippen LogP contribution in [-0.4, -0.2) is 48.9 Å². The van der Waals surface area contributed by atoms with Gasteiger partial charge in [-0.15, -0.1) is 0 Å². The number of hydrogen-bond acceptors (Lipinski definition) is 3. The molecule has 0 unspecified atom stereocenters. The molecule has 5 nitrogen and oxygen atoms in total. The Morgan fingerprint density at radius 3 is 1.96 bits per heavy atom. The molecule has 1 heterocycles. The molecular formula is C39H40F3N3O2. The number of amides is 2. The summed E-state index contributed by atoms with van der Waals surface area (Å²) in [5.74, 6) is -0.152. The standard InChI is InChI=1S/C39H40F3N3O2/c1-2-43-37(47)38(34-15-7-5-12-31(34)32-13-6-8-16-35(32)38)23-9-10-24-45-25-21-29(22-26-45)44-36(46)33-14-4-3-11-30(33)27-17-19-28(20-18-27)39(40,41)42/h3-8,11-20,29H,2,9-10,21-26H2,1H3,(H,43,47)(H,44,46). The highest BCUT2D eigenvalue weighted by Crippen LogP contribution is 2.51. The maximum Gasteiger partial charge on any atom is 0.416 e. The van der Waals surface area contributed by atoms with Gasteiger partial charge in [0.05, 0.1) is 5.56 Å². The monoisotopic (exact) mass is 639 g/mol. The molecule has 4 aromatic rings. The van der Waals surface area contributed by atoms with E-state index in [0.29, 0.717) is 23.2 Å². The average Bonchev–Trinajstić information content (AvgIpc) is 3.38. The van der Waals surface area contributed by atoms with Crippen LogP contribution in [0.1, 0.15) is 66.1 Å². The first-order chi connectivity index (χ1) is 22.7. The van der Waals surface area contributed by atoms with Crippen molar-refractivity contribution in [3.05, 3.63) is 119 Å². The number of nitrogens with zero attached hydrogens (tertiary/aromatic N) is 1. The van der Waals surface area contributed by atoms with Gasteiger partial charge in [-0.25, -0.2) is 0 Å². The van der Waals surface area contributed by atoms with Gasteiger partial charge in [0.1, 0.15) is 5.41 Å². The van der Waals surface area contributed by atoms with Crippen molar-refractivity contribution in [2.75, 3.05) is 26.2 Å². The molecule has 0 radical (unpaired) electrons. The summed E-state index contributed by atoms with van der Waals surface area (Å²) in [5.41, 5.74) is 4.66. The lowest BCUT2D eigenvalue weighted by Gasteiger charge is -2.33. The highest BCUT2D eigenvalue weighted by atomic mass is 19.4. The van der Waals surface area contributed by atoms with Gasteiger partial charge in [0.25, 0.3) is 5.91 Å². The molecule has 6 rings (SSSR count). The average molecular weight is 640 g/mol. The van der Waals surface area contributed by atoms with Crippen molar-refractivity contribution in [1.29, 1.82) is 0 Å². The van der Waals surface area contributed by atoms with E-state index >= 15 is 0 Å². The van der Waals surface area contributed by atoms with Crippen LogP contribution < -0.4 is 10.6 Å². The lowest BCUT2D eigenvalue weighted by Crippen LogP contribution is -2.45. The quantitative estimate of drug-likeness (QED) is 0.174. The Kier molecular flexibility index (Phi) is 9.50. The summed E-state index contributed by atoms with van der Waals surface area (Å²) in [6.45, 7) is 5.18. The summed E-state index contributed by atoms with van der Waals surface area (Å²) in [7, 11) is 0. The number of rotatable bonds is 10. The van der Waals surface area contributed by atoms with E-state index in [9.17, 15) is 22.8 Å². The van der Waals surface area contributed by atoms with Crippen LogP contribution in [0.5, 0.6) is 0 Å². The van der Waals surface area contributed by atoms with Crippen molar-refractivity contribution in [2.45, 2.75) is 56.7 Å². The van der Waals surface area contributed by atoms with Gasteiger partial charge in [-0.05, 0) is 90.7 Å². The number of benzene rings is 4. The predicted molar refractivity (Wildman–Crippen MR) is 179 cm³/mol. The van der Waals surface area contributed by atoms with E-state index in [-0.39, 0.29) is 17.9 Å². The van der Waals surface area contributed by atoms with E-state index < -0.39 is 17.2 Å². The molecule has 2 amide bonds. The van der Waals surface area contributed by atoms with Gasteiger partial charge >= 0.3 is 6.18 Å². The molecule has 1 saturated heterocycles. The van der Waals surface area contributed by atoms with E-state index in [1.54, 1.807) is 24.3 Å². The van der Waals surface area contributed by atoms with Gasteiger partial charge in [0.15, 0.2) is 0 Å². The zero-order valence-corrected chi connectivity index (χ0v) is 26.6. The van der Waals surface area contributed by atoms with Crippen LogP contribution >= 0.6 is 0 Å². The first-order valence-corrected chi connectivity index (χ1v) is 16.5. The Morgan fingerprint density at radius 1 is 0.787 bits per heavy atom. The zero-order valence-electron chi connectivity index (χ0n) is 26.6. The lowest BCUT2D eigenvalue weighted by atomic mass is 9.73. The van der Waals surface area contributed by atoms with Gasteiger partial charge in [0, 0.05) is 31.2 Å². The van der Waals surface area contributed by atoms with Gasteiger partial charge in [-0.3, -0.25) is 9.59 Å². The van der Waals surface area contributed by atoms with Gasteiger partial charge in [-0.1, -0.05) is 85.3 Å². The first kappa shape index (κ1) is 32.5. The summed E-state index contributed by atoms with van der Waals surface area (Å²) in [4.78, 5) is 29.5. The molecular weight excluding hydrogens is 599 g/mol. The smallest absolute Gasteiger partial charge is 0.355 e. The Hall–Kier alpha value is -4.43. The van der Waals surface area contributed by atoms with Crippen molar-refractivity contribution >= 4 is 11.8 Å². The molecule has 0 spiro atoms. The number of carbonyl (C=O) groups is 2. The topological polar surface area (TPSA) is 61.4 Å². The van der Waals surface area contributed by atoms with Crippen LogP contribution in [0.4, 0.5) is 13.2 Å². The largest absolute Gasteiger partial charge is 0.416 e. The van der Waals surface area contributed by atoms with Gasteiger partial charge in [0.2, 0.25) is 5.91 Å². The number of carbonyl (C=O) groups excluding carboxylic acids is 2. The fraction of sp³-hybridized carbons (Fsp3) is 0.333. The van der Waals surface area contributed by atoms with Gasteiger partial charge < -0.3 is 15.5 Å². The highest BCUT2D eigenvalue weighted by Gasteiger charge is 2.48. The molecule has 4 aromatic carbocycles. The van der Waals surface area contributed by atoms with E-state index in [0.717, 1.165) is 86.1 Å². The Bertz CT molecular complexity index is 1680. The van der Waals surface area contributed by atoms with Crippen LogP contribution in [0.2, 0.25) is 0 Å². The van der Waals surface area contributed by atoms with Crippen molar-refractivity contribution in [3.8, 4) is 22.3 Å². The predicted octanol–water partition coefficient (Wildman–Crippen LogP) is 7.84. The summed E-state index contributed by atoms with van der Waals surface area (Å²) in [5, 5.41) is 6.29. The van der Waals surface area contributed by atoms with Gasteiger partial charge in [-0.2, -0.15) is 13.2 Å². The zero-order chi connectivity index (χ0) is 33.0. The number of likely N-dealkylation sites (tertiary alicyclic amines) is 1. The molecule has 0 saturated carbocycles. The van der Waals surface area contributed by atoms with Crippen LogP contribution in [0.15, 0.2) is 97.1 Å². The summed E-state index contributed by atoms with van der Waals surface area (Å²) in [6, 6.07) is 28.5. The Morgan fingerprint density at radius 2 is 1.36 bits per heavy atom. The number of halogens is 3. The summed E-state index contributed by atoms with van der Waals surface area (Å²) in [6.07, 6.45) is -0.181. The molecule has 1 aliphatic carbocycles. The Labute approximate surface area is 274 Å². The molecule has 2 N–H and O–H groups in total. The molecule has 2 aliphatic rings. The van der Waals surface area contributed by atoms with E-state index in [1.807, 2.05) is 31.2 Å². The third-order valence-electron chi connectivity index (χ3n) is 9.68. The summed E-state index contributed by atoms with van der Waals surface area (Å²) >= 11 is 0. The van der Waals surface area contributed by atoms with E-state index in [2.05, 4.69) is 39.8 Å². The number of fused-ring (bicyclic) bond motifs is 3. The SMILES string of the molecule is CCNC(=O)C1(CCCCN2CCC(NC(=O)c3ccccc3-c3ccc(C(F)(F)F)cc3)CC2)c2ccccc2-c2ccccc21. The molecule has 0 aromatic heterocycles. The number of piperidine rings is 1. The third-order valence-corrected chi connectivity index (χ3v) is 9.68. The van der Waals surface area contributed by atoms with Crippen molar-refractivity contribution in [3.63, 3.8) is 0 Å². The molecule has 8 heteroatoms. The lowest BCUT2D eigenvalue weighted by molar-refractivity contribution is -0.137. The van der Waals surface area contributed by atoms with E-state index in [1.165, 1.54) is 12.1 Å². The van der Waals surface area contributed by atoms with Crippen molar-refractivity contribution in [2.24, 2.45) is 0 Å². The second kappa shape index (κ2) is 13.7.